The second-order valence-electron chi connectivity index (χ2n) is 7.06. The minimum Gasteiger partial charge on any atom is -0.337 e. The van der Waals surface area contributed by atoms with E-state index in [1.165, 1.54) is 6.07 Å². The molecule has 0 aliphatic rings. The largest absolute Gasteiger partial charge is 0.337 e. The second-order valence-corrected chi connectivity index (χ2v) is 7.06. The summed E-state index contributed by atoms with van der Waals surface area (Å²) in [5.41, 5.74) is 3.58. The van der Waals surface area contributed by atoms with E-state index in [2.05, 4.69) is 39.7 Å². The first-order chi connectivity index (χ1) is 14.1. The van der Waals surface area contributed by atoms with Crippen LogP contribution in [0, 0.1) is 12.7 Å². The Morgan fingerprint density at radius 1 is 0.897 bits per heavy atom. The van der Waals surface area contributed by atoms with Crippen molar-refractivity contribution < 1.29 is 8.91 Å². The lowest BCUT2D eigenvalue weighted by Crippen LogP contribution is -2.25. The van der Waals surface area contributed by atoms with E-state index < -0.39 is 0 Å². The molecule has 29 heavy (non-hydrogen) atoms. The third-order valence-electron chi connectivity index (χ3n) is 4.91. The van der Waals surface area contributed by atoms with Crippen LogP contribution >= 0.6 is 0 Å². The molecule has 4 rings (SSSR count). The summed E-state index contributed by atoms with van der Waals surface area (Å²) in [4.78, 5) is 4.53. The first-order valence-electron chi connectivity index (χ1n) is 9.58. The van der Waals surface area contributed by atoms with Crippen LogP contribution in [0.2, 0.25) is 0 Å². The van der Waals surface area contributed by atoms with Crippen molar-refractivity contribution in [2.45, 2.75) is 25.9 Å². The van der Waals surface area contributed by atoms with Crippen molar-refractivity contribution in [3.05, 3.63) is 107 Å². The van der Waals surface area contributed by atoms with Gasteiger partial charge in [-0.05, 0) is 48.7 Å². The van der Waals surface area contributed by atoms with Gasteiger partial charge in [-0.2, -0.15) is 4.98 Å². The Balaban J connectivity index is 1.59. The molecule has 0 saturated heterocycles. The first-order valence-corrected chi connectivity index (χ1v) is 9.58. The zero-order valence-corrected chi connectivity index (χ0v) is 16.3. The lowest BCUT2D eigenvalue weighted by atomic mass is 9.98. The number of halogens is 1. The minimum atomic E-state index is -0.249. The Hall–Kier alpha value is -3.31. The maximum Gasteiger partial charge on any atom is 0.243 e. The predicted molar refractivity (Wildman–Crippen MR) is 111 cm³/mol. The summed E-state index contributed by atoms with van der Waals surface area (Å²) in [5.74, 6) is 0.688. The van der Waals surface area contributed by atoms with E-state index in [-0.39, 0.29) is 17.9 Å². The zero-order valence-electron chi connectivity index (χ0n) is 16.3. The fraction of sp³-hybridized carbons (Fsp3) is 0.167. The molecule has 0 aliphatic heterocycles. The molecular formula is C24H22FN3O. The highest BCUT2D eigenvalue weighted by atomic mass is 19.1. The standard InChI is InChI=1S/C24H22FN3O/c1-16-15-20(13-14-21(16)25)23-27-24(29-28-23)17(2)26-22(18-9-5-3-6-10-18)19-11-7-4-8-12-19/h3-15,17,22,26H,1-2H3. The number of hydrogen-bond acceptors (Lipinski definition) is 4. The molecule has 5 heteroatoms. The molecule has 146 valence electrons. The van der Waals surface area contributed by atoms with Crippen LogP contribution in [0.4, 0.5) is 4.39 Å². The Morgan fingerprint density at radius 3 is 2.10 bits per heavy atom. The second kappa shape index (κ2) is 8.37. The topological polar surface area (TPSA) is 51.0 Å². The van der Waals surface area contributed by atoms with Gasteiger partial charge in [-0.1, -0.05) is 65.8 Å². The van der Waals surface area contributed by atoms with Crippen LogP contribution in [0.1, 0.15) is 41.6 Å². The fourth-order valence-corrected chi connectivity index (χ4v) is 3.31. The number of nitrogens with zero attached hydrogens (tertiary/aromatic N) is 2. The Kier molecular flexibility index (Phi) is 5.49. The highest BCUT2D eigenvalue weighted by Gasteiger charge is 2.21. The van der Waals surface area contributed by atoms with Gasteiger partial charge in [0.2, 0.25) is 11.7 Å². The van der Waals surface area contributed by atoms with Crippen LogP contribution in [0.15, 0.2) is 83.4 Å². The summed E-state index contributed by atoms with van der Waals surface area (Å²) < 4.78 is 19.0. The van der Waals surface area contributed by atoms with Crippen LogP contribution in [0.3, 0.4) is 0 Å². The maximum absolute atomic E-state index is 13.5. The molecule has 1 atom stereocenters. The Bertz CT molecular complexity index is 1040. The molecule has 3 aromatic carbocycles. The summed E-state index contributed by atoms with van der Waals surface area (Å²) in [6, 6.07) is 25.1. The van der Waals surface area contributed by atoms with E-state index in [1.807, 2.05) is 43.3 Å². The monoisotopic (exact) mass is 387 g/mol. The number of aryl methyl sites for hydroxylation is 1. The fourth-order valence-electron chi connectivity index (χ4n) is 3.31. The molecule has 1 aromatic heterocycles. The summed E-state index contributed by atoms with van der Waals surface area (Å²) in [6.07, 6.45) is 0. The van der Waals surface area contributed by atoms with Gasteiger partial charge < -0.3 is 4.52 Å². The van der Waals surface area contributed by atoms with Gasteiger partial charge >= 0.3 is 0 Å². The van der Waals surface area contributed by atoms with Crippen molar-refractivity contribution in [2.24, 2.45) is 0 Å². The smallest absolute Gasteiger partial charge is 0.243 e. The van der Waals surface area contributed by atoms with Gasteiger partial charge in [0, 0.05) is 5.56 Å². The van der Waals surface area contributed by atoms with Crippen molar-refractivity contribution in [2.75, 3.05) is 0 Å². The summed E-state index contributed by atoms with van der Waals surface area (Å²) in [7, 11) is 0. The molecule has 0 fully saturated rings. The molecular weight excluding hydrogens is 365 g/mol. The molecule has 0 bridgehead atoms. The third kappa shape index (κ3) is 4.25. The van der Waals surface area contributed by atoms with Crippen LogP contribution in [0.25, 0.3) is 11.4 Å². The van der Waals surface area contributed by atoms with Crippen LogP contribution in [0.5, 0.6) is 0 Å². The normalized spacial score (nSPS) is 12.3. The van der Waals surface area contributed by atoms with Crippen molar-refractivity contribution in [1.82, 2.24) is 15.5 Å². The van der Waals surface area contributed by atoms with Crippen LogP contribution < -0.4 is 5.32 Å². The number of aromatic nitrogens is 2. The van der Waals surface area contributed by atoms with E-state index >= 15 is 0 Å². The summed E-state index contributed by atoms with van der Waals surface area (Å²) in [5, 5.41) is 7.68. The number of rotatable bonds is 6. The SMILES string of the molecule is Cc1cc(-c2noc(C(C)NC(c3ccccc3)c3ccccc3)n2)ccc1F. The van der Waals surface area contributed by atoms with E-state index in [4.69, 9.17) is 4.52 Å². The zero-order chi connectivity index (χ0) is 20.2. The summed E-state index contributed by atoms with van der Waals surface area (Å²) >= 11 is 0. The predicted octanol–water partition coefficient (Wildman–Crippen LogP) is 5.62. The highest BCUT2D eigenvalue weighted by molar-refractivity contribution is 5.55. The van der Waals surface area contributed by atoms with Gasteiger partial charge in [0.05, 0.1) is 12.1 Å². The van der Waals surface area contributed by atoms with Crippen molar-refractivity contribution >= 4 is 0 Å². The number of benzene rings is 3. The van der Waals surface area contributed by atoms with Crippen LogP contribution in [-0.2, 0) is 0 Å². The minimum absolute atomic E-state index is 0.0178. The lowest BCUT2D eigenvalue weighted by Gasteiger charge is -2.22. The quantitative estimate of drug-likeness (QED) is 0.466. The van der Waals surface area contributed by atoms with Gasteiger partial charge in [0.25, 0.3) is 0 Å². The van der Waals surface area contributed by atoms with Crippen molar-refractivity contribution in [3.8, 4) is 11.4 Å². The molecule has 0 radical (unpaired) electrons. The summed E-state index contributed by atoms with van der Waals surface area (Å²) in [6.45, 7) is 3.71. The molecule has 1 heterocycles. The van der Waals surface area contributed by atoms with Gasteiger partial charge in [-0.3, -0.25) is 5.32 Å². The molecule has 4 aromatic rings. The van der Waals surface area contributed by atoms with Crippen molar-refractivity contribution in [3.63, 3.8) is 0 Å². The maximum atomic E-state index is 13.5. The Labute approximate surface area is 169 Å². The molecule has 0 aliphatic carbocycles. The molecule has 0 amide bonds. The number of hydrogen-bond donors (Lipinski definition) is 1. The van der Waals surface area contributed by atoms with Gasteiger partial charge in [-0.25, -0.2) is 4.39 Å². The molecule has 4 nitrogen and oxygen atoms in total. The van der Waals surface area contributed by atoms with E-state index in [0.717, 1.165) is 16.7 Å². The molecule has 1 N–H and O–H groups in total. The molecule has 0 spiro atoms. The van der Waals surface area contributed by atoms with E-state index in [0.29, 0.717) is 17.3 Å². The first kappa shape index (κ1) is 19.0. The lowest BCUT2D eigenvalue weighted by molar-refractivity contribution is 0.331. The molecule has 0 saturated carbocycles. The van der Waals surface area contributed by atoms with Gasteiger partial charge in [0.15, 0.2) is 0 Å². The van der Waals surface area contributed by atoms with Crippen molar-refractivity contribution in [1.29, 1.82) is 0 Å². The number of nitrogens with one attached hydrogen (secondary N) is 1. The third-order valence-corrected chi connectivity index (χ3v) is 4.91. The average molecular weight is 387 g/mol. The van der Waals surface area contributed by atoms with Gasteiger partial charge in [-0.15, -0.1) is 0 Å². The van der Waals surface area contributed by atoms with E-state index in [1.54, 1.807) is 19.1 Å². The van der Waals surface area contributed by atoms with E-state index in [9.17, 15) is 4.39 Å². The average Bonchev–Trinajstić information content (AvgIpc) is 3.25. The van der Waals surface area contributed by atoms with Gasteiger partial charge in [0.1, 0.15) is 5.82 Å². The van der Waals surface area contributed by atoms with Crippen LogP contribution in [-0.4, -0.2) is 10.1 Å². The molecule has 1 unspecified atom stereocenters. The highest BCUT2D eigenvalue weighted by Crippen LogP contribution is 2.27. The Morgan fingerprint density at radius 2 is 1.52 bits per heavy atom.